The first-order chi connectivity index (χ1) is 15.5. The van der Waals surface area contributed by atoms with Gasteiger partial charge in [-0.05, 0) is 68.1 Å². The molecule has 5 nitrogen and oxygen atoms in total. The molecule has 1 aromatic carbocycles. The predicted octanol–water partition coefficient (Wildman–Crippen LogP) is 3.69. The van der Waals surface area contributed by atoms with Gasteiger partial charge in [-0.2, -0.15) is 0 Å². The quantitative estimate of drug-likeness (QED) is 0.794. The number of anilines is 1. The topological polar surface area (TPSA) is 52.2 Å². The molecule has 0 amide bonds. The van der Waals surface area contributed by atoms with Crippen LogP contribution in [0.3, 0.4) is 0 Å². The van der Waals surface area contributed by atoms with Crippen LogP contribution in [0.1, 0.15) is 49.2 Å². The van der Waals surface area contributed by atoms with Crippen molar-refractivity contribution >= 4 is 11.3 Å². The summed E-state index contributed by atoms with van der Waals surface area (Å²) < 4.78 is 27.1. The van der Waals surface area contributed by atoms with Crippen LogP contribution in [0.25, 0.3) is 5.57 Å². The Morgan fingerprint density at radius 1 is 1.00 bits per heavy atom. The van der Waals surface area contributed by atoms with Crippen LogP contribution in [0, 0.1) is 17.0 Å². The number of piperazine rings is 1. The maximum Gasteiger partial charge on any atom is 0.254 e. The first-order valence-corrected chi connectivity index (χ1v) is 11.8. The number of halogens is 2. The zero-order chi connectivity index (χ0) is 21.9. The third-order valence-electron chi connectivity index (χ3n) is 7.91. The molecule has 1 N–H and O–H groups in total. The number of nitrogens with zero attached hydrogens (tertiary/aromatic N) is 3. The lowest BCUT2D eigenvalue weighted by atomic mass is 9.84. The van der Waals surface area contributed by atoms with E-state index in [4.69, 9.17) is 4.98 Å². The summed E-state index contributed by atoms with van der Waals surface area (Å²) in [6, 6.07) is 4.02. The summed E-state index contributed by atoms with van der Waals surface area (Å²) in [5, 5.41) is 0. The number of aryl methyl sites for hydroxylation is 1. The number of allylic oxidation sites excluding steroid dienone is 1. The van der Waals surface area contributed by atoms with Crippen molar-refractivity contribution in [2.75, 3.05) is 31.1 Å². The zero-order valence-corrected chi connectivity index (χ0v) is 18.2. The second-order valence-electron chi connectivity index (χ2n) is 9.97. The largest absolute Gasteiger partial charge is 0.369 e. The van der Waals surface area contributed by atoms with Crippen molar-refractivity contribution in [3.8, 4) is 0 Å². The minimum Gasteiger partial charge on any atom is -0.369 e. The third kappa shape index (κ3) is 3.66. The van der Waals surface area contributed by atoms with Gasteiger partial charge in [0.15, 0.2) is 0 Å². The lowest BCUT2D eigenvalue weighted by Crippen LogP contribution is -2.49. The van der Waals surface area contributed by atoms with Crippen molar-refractivity contribution in [1.82, 2.24) is 14.9 Å². The highest BCUT2D eigenvalue weighted by atomic mass is 19.1. The van der Waals surface area contributed by atoms with Gasteiger partial charge in [0.2, 0.25) is 0 Å². The van der Waals surface area contributed by atoms with Gasteiger partial charge >= 0.3 is 0 Å². The van der Waals surface area contributed by atoms with Crippen LogP contribution < -0.4 is 10.5 Å². The van der Waals surface area contributed by atoms with Crippen molar-refractivity contribution in [1.29, 1.82) is 0 Å². The fraction of sp³-hybridized carbons (Fsp3) is 0.520. The second-order valence-corrected chi connectivity index (χ2v) is 9.97. The molecule has 0 radical (unpaired) electrons. The number of rotatable bonds is 3. The molecule has 1 saturated heterocycles. The summed E-state index contributed by atoms with van der Waals surface area (Å²) in [4.78, 5) is 25.2. The Hall–Kier alpha value is -2.54. The fourth-order valence-electron chi connectivity index (χ4n) is 5.76. The van der Waals surface area contributed by atoms with Gasteiger partial charge in [0.25, 0.3) is 5.56 Å². The van der Waals surface area contributed by atoms with Crippen LogP contribution in [0.4, 0.5) is 14.5 Å². The molecule has 7 heteroatoms. The van der Waals surface area contributed by atoms with E-state index in [0.29, 0.717) is 17.1 Å². The summed E-state index contributed by atoms with van der Waals surface area (Å²) in [7, 11) is 0. The molecule has 4 aliphatic rings. The Labute approximate surface area is 186 Å². The molecule has 0 bridgehead atoms. The third-order valence-corrected chi connectivity index (χ3v) is 7.91. The van der Waals surface area contributed by atoms with Gasteiger partial charge in [0, 0.05) is 49.5 Å². The number of H-pyrrole nitrogens is 1. The summed E-state index contributed by atoms with van der Waals surface area (Å²) in [5.74, 6) is -0.328. The number of hydrogen-bond acceptors (Lipinski definition) is 4. The molecular weight excluding hydrogens is 410 g/mol. The van der Waals surface area contributed by atoms with Crippen molar-refractivity contribution in [2.45, 2.75) is 51.0 Å². The van der Waals surface area contributed by atoms with E-state index in [1.165, 1.54) is 25.0 Å². The molecule has 168 valence electrons. The average molecular weight is 439 g/mol. The SMILES string of the molecule is O=c1[nH]c(C2=C[C@H](N3CCN(c4cc(F)cc(F)c4)CC3)CC2)nc2c1CC1(CC2)CC1. The number of hydrogen-bond donors (Lipinski definition) is 1. The molecule has 2 heterocycles. The molecule has 1 aliphatic heterocycles. The van der Waals surface area contributed by atoms with E-state index in [2.05, 4.69) is 16.0 Å². The van der Waals surface area contributed by atoms with Crippen molar-refractivity contribution in [3.63, 3.8) is 0 Å². The summed E-state index contributed by atoms with van der Waals surface area (Å²) in [6.45, 7) is 3.14. The summed E-state index contributed by atoms with van der Waals surface area (Å²) in [6.07, 6.45) is 9.66. The first kappa shape index (κ1) is 20.1. The molecule has 0 unspecified atom stereocenters. The molecule has 1 aromatic heterocycles. The van der Waals surface area contributed by atoms with Gasteiger partial charge in [0.05, 0.1) is 5.69 Å². The first-order valence-electron chi connectivity index (χ1n) is 11.8. The van der Waals surface area contributed by atoms with Crippen LogP contribution >= 0.6 is 0 Å². The molecule has 3 aliphatic carbocycles. The Balaban J connectivity index is 1.14. The normalized spacial score (nSPS) is 24.5. The monoisotopic (exact) mass is 438 g/mol. The zero-order valence-electron chi connectivity index (χ0n) is 18.2. The highest BCUT2D eigenvalue weighted by Crippen LogP contribution is 2.53. The Bertz CT molecular complexity index is 1120. The number of fused-ring (bicyclic) bond motifs is 1. The molecule has 6 rings (SSSR count). The fourth-order valence-corrected chi connectivity index (χ4v) is 5.76. The minimum absolute atomic E-state index is 0.0521. The van der Waals surface area contributed by atoms with Crippen molar-refractivity contribution in [2.24, 2.45) is 5.41 Å². The van der Waals surface area contributed by atoms with Crippen LogP contribution in [0.15, 0.2) is 29.1 Å². The Morgan fingerprint density at radius 2 is 1.75 bits per heavy atom. The van der Waals surface area contributed by atoms with Gasteiger partial charge < -0.3 is 9.88 Å². The van der Waals surface area contributed by atoms with E-state index >= 15 is 0 Å². The molecule has 1 spiro atoms. The van der Waals surface area contributed by atoms with E-state index in [0.717, 1.165) is 87.0 Å². The highest BCUT2D eigenvalue weighted by Gasteiger charge is 2.45. The molecule has 32 heavy (non-hydrogen) atoms. The van der Waals surface area contributed by atoms with Gasteiger partial charge in [0.1, 0.15) is 17.5 Å². The van der Waals surface area contributed by atoms with Gasteiger partial charge in [-0.3, -0.25) is 9.69 Å². The van der Waals surface area contributed by atoms with Crippen LogP contribution in [0.2, 0.25) is 0 Å². The number of nitrogens with one attached hydrogen (secondary N) is 1. The van der Waals surface area contributed by atoms with E-state index in [1.54, 1.807) is 0 Å². The highest BCUT2D eigenvalue weighted by molar-refractivity contribution is 5.63. The lowest BCUT2D eigenvalue weighted by Gasteiger charge is -2.38. The number of benzene rings is 1. The van der Waals surface area contributed by atoms with Crippen LogP contribution in [0.5, 0.6) is 0 Å². The maximum atomic E-state index is 13.6. The van der Waals surface area contributed by atoms with Gasteiger partial charge in [-0.1, -0.05) is 6.08 Å². The van der Waals surface area contributed by atoms with Gasteiger partial charge in [-0.15, -0.1) is 0 Å². The molecule has 2 aromatic rings. The molecule has 2 fully saturated rings. The second kappa shape index (κ2) is 7.51. The molecule has 1 atom stereocenters. The van der Waals surface area contributed by atoms with Gasteiger partial charge in [-0.25, -0.2) is 13.8 Å². The molecule has 1 saturated carbocycles. The van der Waals surface area contributed by atoms with E-state index in [-0.39, 0.29) is 5.56 Å². The smallest absolute Gasteiger partial charge is 0.254 e. The number of aromatic nitrogens is 2. The number of aromatic amines is 1. The predicted molar refractivity (Wildman–Crippen MR) is 120 cm³/mol. The summed E-state index contributed by atoms with van der Waals surface area (Å²) in [5.41, 5.74) is 4.11. The molecular formula is C25H28F2N4O. The van der Waals surface area contributed by atoms with Crippen molar-refractivity contribution in [3.05, 3.63) is 63.3 Å². The minimum atomic E-state index is -0.537. The Morgan fingerprint density at radius 3 is 2.47 bits per heavy atom. The maximum absolute atomic E-state index is 13.6. The van der Waals surface area contributed by atoms with E-state index in [9.17, 15) is 13.6 Å². The van der Waals surface area contributed by atoms with E-state index < -0.39 is 11.6 Å². The average Bonchev–Trinajstić information content (AvgIpc) is 3.34. The van der Waals surface area contributed by atoms with Crippen LogP contribution in [-0.2, 0) is 12.8 Å². The van der Waals surface area contributed by atoms with Crippen LogP contribution in [-0.4, -0.2) is 47.1 Å². The lowest BCUT2D eigenvalue weighted by molar-refractivity contribution is 0.214. The Kier molecular flexibility index (Phi) is 4.72. The summed E-state index contributed by atoms with van der Waals surface area (Å²) >= 11 is 0. The van der Waals surface area contributed by atoms with Crippen molar-refractivity contribution < 1.29 is 8.78 Å². The van der Waals surface area contributed by atoms with E-state index in [1.807, 2.05) is 4.90 Å². The standard InChI is InChI=1S/C25H28F2N4O/c26-17-12-18(27)14-20(13-17)31-9-7-30(8-10-31)19-2-1-16(11-19)23-28-22-3-4-25(5-6-25)15-21(22)24(32)29-23/h11-14,19H,1-10,15H2,(H,28,29,32)/t19-/m1/s1.